The van der Waals surface area contributed by atoms with E-state index in [1.807, 2.05) is 6.92 Å². The second-order valence-corrected chi connectivity index (χ2v) is 12.6. The predicted molar refractivity (Wildman–Crippen MR) is 144 cm³/mol. The van der Waals surface area contributed by atoms with Crippen LogP contribution in [-0.4, -0.2) is 47.8 Å². The number of esters is 1. The van der Waals surface area contributed by atoms with E-state index in [2.05, 4.69) is 33.4 Å². The van der Waals surface area contributed by atoms with Crippen molar-refractivity contribution in [1.82, 2.24) is 0 Å². The van der Waals surface area contributed by atoms with Gasteiger partial charge in [0.15, 0.2) is 6.61 Å². The molecular weight excluding hydrogens is 497 g/mol. The number of aliphatic hydroxyl groups excluding tert-OH is 1. The molecule has 0 saturated heterocycles. The number of benzene rings is 1. The topological polar surface area (TPSA) is 126 Å². The van der Waals surface area contributed by atoms with Crippen molar-refractivity contribution in [3.63, 3.8) is 0 Å². The Morgan fingerprint density at radius 2 is 2.08 bits per heavy atom. The number of carbonyl (C=O) groups excluding carboxylic acids is 2. The van der Waals surface area contributed by atoms with Gasteiger partial charge in [-0.05, 0) is 54.6 Å². The van der Waals surface area contributed by atoms with Crippen molar-refractivity contribution in [2.45, 2.75) is 78.6 Å². The molecule has 0 spiro atoms. The van der Waals surface area contributed by atoms with Gasteiger partial charge in [-0.2, -0.15) is 5.26 Å². The Kier molecular flexibility index (Phi) is 6.98. The zero-order valence-electron chi connectivity index (χ0n) is 23.2. The quantitative estimate of drug-likeness (QED) is 0.335. The van der Waals surface area contributed by atoms with Crippen LogP contribution in [0.2, 0.25) is 0 Å². The van der Waals surface area contributed by atoms with Gasteiger partial charge in [-0.25, -0.2) is 4.79 Å². The van der Waals surface area contributed by atoms with E-state index in [4.69, 9.17) is 14.1 Å². The Labute approximate surface area is 230 Å². The van der Waals surface area contributed by atoms with E-state index < -0.39 is 42.7 Å². The molecular formula is C30H38BNO7. The number of carbonyl (C=O) groups is 2. The van der Waals surface area contributed by atoms with Gasteiger partial charge in [0, 0.05) is 28.6 Å². The third-order valence-electron chi connectivity index (χ3n) is 11.0. The highest BCUT2D eigenvalue weighted by Crippen LogP contribution is 2.68. The van der Waals surface area contributed by atoms with Crippen LogP contribution in [0.1, 0.15) is 70.9 Å². The van der Waals surface area contributed by atoms with Gasteiger partial charge in [0.1, 0.15) is 23.7 Å². The van der Waals surface area contributed by atoms with Gasteiger partial charge >= 0.3 is 13.1 Å². The molecule has 3 saturated carbocycles. The number of aliphatic hydroxyl groups is 1. The maximum absolute atomic E-state index is 13.5. The standard InChI is InChI=1S/C30H38BNO7/c1-6-28(4)13-23(29(5)17(2)9-11-30(18(3)27(28)35)12-10-21(33)26(29)30)39-24(34)16-37-22-8-7-19-15-38-31(36)25(19)20(22)14-32/h6-8,17-18,23,26-27,35-36H,1,9-13,15-16H2,2-5H3/t17-,18-,23+,26-,27-,28-,29+,30-/m0/s1. The lowest BCUT2D eigenvalue weighted by atomic mass is 9.44. The van der Waals surface area contributed by atoms with Gasteiger partial charge in [-0.3, -0.25) is 4.79 Å². The summed E-state index contributed by atoms with van der Waals surface area (Å²) in [7, 11) is -1.22. The molecule has 3 fully saturated rings. The minimum Gasteiger partial charge on any atom is -0.481 e. The molecule has 1 aromatic carbocycles. The minimum absolute atomic E-state index is 0.104. The molecule has 5 rings (SSSR count). The average Bonchev–Trinajstić information content (AvgIpc) is 3.48. The van der Waals surface area contributed by atoms with Crippen LogP contribution in [0.3, 0.4) is 0 Å². The number of Topliss-reactive ketones (excluding diaryl/α,β-unsaturated/α-hetero) is 1. The molecule has 0 amide bonds. The second-order valence-electron chi connectivity index (χ2n) is 12.6. The highest BCUT2D eigenvalue weighted by atomic mass is 16.6. The number of hydrogen-bond donors (Lipinski definition) is 2. The molecule has 39 heavy (non-hydrogen) atoms. The number of ketones is 1. The first-order valence-corrected chi connectivity index (χ1v) is 13.9. The van der Waals surface area contributed by atoms with Crippen LogP contribution in [0.4, 0.5) is 0 Å². The van der Waals surface area contributed by atoms with Crippen LogP contribution in [0, 0.1) is 45.3 Å². The van der Waals surface area contributed by atoms with Gasteiger partial charge in [0.2, 0.25) is 0 Å². The lowest BCUT2D eigenvalue weighted by Gasteiger charge is -2.61. The van der Waals surface area contributed by atoms with Crippen LogP contribution in [0.15, 0.2) is 24.8 Å². The van der Waals surface area contributed by atoms with Gasteiger partial charge in [-0.15, -0.1) is 6.58 Å². The monoisotopic (exact) mass is 535 g/mol. The van der Waals surface area contributed by atoms with E-state index in [1.54, 1.807) is 18.2 Å². The molecule has 8 nitrogen and oxygen atoms in total. The van der Waals surface area contributed by atoms with E-state index in [0.29, 0.717) is 23.9 Å². The summed E-state index contributed by atoms with van der Waals surface area (Å²) in [6, 6.07) is 5.34. The predicted octanol–water partition coefficient (Wildman–Crippen LogP) is 3.06. The van der Waals surface area contributed by atoms with E-state index in [-0.39, 0.29) is 46.9 Å². The zero-order chi connectivity index (χ0) is 28.3. The Morgan fingerprint density at radius 3 is 2.77 bits per heavy atom. The lowest BCUT2D eigenvalue weighted by molar-refractivity contribution is -0.207. The molecule has 3 aliphatic carbocycles. The average molecular weight is 535 g/mol. The fourth-order valence-corrected chi connectivity index (χ4v) is 8.37. The zero-order valence-corrected chi connectivity index (χ0v) is 23.2. The molecule has 4 aliphatic rings. The Hall–Kier alpha value is -2.67. The van der Waals surface area contributed by atoms with Crippen molar-refractivity contribution in [3.05, 3.63) is 35.9 Å². The highest BCUT2D eigenvalue weighted by Gasteiger charge is 2.68. The molecule has 1 aromatic rings. The fraction of sp³-hybridized carbons (Fsp3) is 0.633. The summed E-state index contributed by atoms with van der Waals surface area (Å²) in [6.07, 6.45) is 3.67. The van der Waals surface area contributed by atoms with Crippen LogP contribution in [0.5, 0.6) is 5.75 Å². The highest BCUT2D eigenvalue weighted by molar-refractivity contribution is 6.62. The molecule has 1 aliphatic heterocycles. The van der Waals surface area contributed by atoms with Crippen molar-refractivity contribution in [1.29, 1.82) is 5.26 Å². The van der Waals surface area contributed by atoms with Crippen molar-refractivity contribution < 1.29 is 33.8 Å². The number of rotatable bonds is 5. The number of nitriles is 1. The van der Waals surface area contributed by atoms with Crippen molar-refractivity contribution in [3.8, 4) is 11.8 Å². The van der Waals surface area contributed by atoms with E-state index in [9.17, 15) is 25.0 Å². The van der Waals surface area contributed by atoms with Crippen LogP contribution < -0.4 is 10.2 Å². The Balaban J connectivity index is 1.45. The minimum atomic E-state index is -1.22. The third kappa shape index (κ3) is 4.06. The second kappa shape index (κ2) is 9.76. The summed E-state index contributed by atoms with van der Waals surface area (Å²) in [5, 5.41) is 31.5. The first kappa shape index (κ1) is 27.9. The number of nitrogens with zero attached hydrogens (tertiary/aromatic N) is 1. The van der Waals surface area contributed by atoms with Crippen LogP contribution >= 0.6 is 0 Å². The summed E-state index contributed by atoms with van der Waals surface area (Å²) in [5.74, 6) is -0.553. The van der Waals surface area contributed by atoms with E-state index in [0.717, 1.165) is 19.3 Å². The van der Waals surface area contributed by atoms with E-state index >= 15 is 0 Å². The lowest BCUT2D eigenvalue weighted by Crippen LogP contribution is -2.63. The van der Waals surface area contributed by atoms with Crippen LogP contribution in [-0.2, 0) is 25.6 Å². The molecule has 9 heteroatoms. The largest absolute Gasteiger partial charge is 0.493 e. The molecule has 0 aromatic heterocycles. The summed E-state index contributed by atoms with van der Waals surface area (Å²) < 4.78 is 17.2. The molecule has 0 radical (unpaired) electrons. The summed E-state index contributed by atoms with van der Waals surface area (Å²) in [5.41, 5.74) is -0.512. The number of hydrogen-bond acceptors (Lipinski definition) is 8. The maximum Gasteiger partial charge on any atom is 0.493 e. The normalized spacial score (nSPS) is 39.2. The summed E-state index contributed by atoms with van der Waals surface area (Å²) in [4.78, 5) is 26.8. The van der Waals surface area contributed by atoms with Crippen molar-refractivity contribution in [2.24, 2.45) is 34.0 Å². The van der Waals surface area contributed by atoms with E-state index in [1.165, 1.54) is 0 Å². The molecule has 2 N–H and O–H groups in total. The van der Waals surface area contributed by atoms with Crippen molar-refractivity contribution >= 4 is 24.3 Å². The van der Waals surface area contributed by atoms with Gasteiger partial charge < -0.3 is 24.3 Å². The van der Waals surface area contributed by atoms with Crippen LogP contribution in [0.25, 0.3) is 0 Å². The first-order chi connectivity index (χ1) is 18.4. The van der Waals surface area contributed by atoms with Gasteiger partial charge in [0.05, 0.1) is 18.3 Å². The number of ether oxygens (including phenoxy) is 2. The Morgan fingerprint density at radius 1 is 1.33 bits per heavy atom. The molecule has 8 atom stereocenters. The molecule has 1 heterocycles. The smallest absolute Gasteiger partial charge is 0.481 e. The SMILES string of the molecule is C=C[C@@]1(C)C[C@@H](OC(=O)COc2ccc3c(c2C#N)B(O)OC3)[C@]2(C)[C@@H]3C(=O)CC[C@@]3(CC[C@@H]2C)[C@@H](C)[C@@H]1O. The molecule has 208 valence electrons. The van der Waals surface area contributed by atoms with Crippen molar-refractivity contribution in [2.75, 3.05) is 6.61 Å². The fourth-order valence-electron chi connectivity index (χ4n) is 8.37. The molecule has 0 unspecified atom stereocenters. The summed E-state index contributed by atoms with van der Waals surface area (Å²) >= 11 is 0. The van der Waals surface area contributed by atoms with Gasteiger partial charge in [-0.1, -0.05) is 39.8 Å². The Bertz CT molecular complexity index is 1240. The van der Waals surface area contributed by atoms with Gasteiger partial charge in [0.25, 0.3) is 0 Å². The number of fused-ring (bicyclic) bond motifs is 1. The first-order valence-electron chi connectivity index (χ1n) is 13.9. The third-order valence-corrected chi connectivity index (χ3v) is 11.0. The summed E-state index contributed by atoms with van der Waals surface area (Å²) in [6.45, 7) is 12.0. The molecule has 2 bridgehead atoms. The maximum atomic E-state index is 13.5.